The smallest absolute Gasteiger partial charge is 0.331 e. The van der Waals surface area contributed by atoms with E-state index < -0.39 is 24.0 Å². The molecule has 0 aliphatic carbocycles. The van der Waals surface area contributed by atoms with Crippen LogP contribution in [0.25, 0.3) is 6.08 Å². The second kappa shape index (κ2) is 8.89. The molecular weight excluding hydrogens is 304 g/mol. The number of thioether (sulfide) groups is 1. The summed E-state index contributed by atoms with van der Waals surface area (Å²) in [5, 5.41) is 4.26. The number of amides is 3. The number of hydrogen-bond acceptors (Lipinski definition) is 5. The van der Waals surface area contributed by atoms with Gasteiger partial charge in [-0.3, -0.25) is 10.1 Å². The minimum absolute atomic E-state index is 0.655. The zero-order valence-corrected chi connectivity index (χ0v) is 13.4. The van der Waals surface area contributed by atoms with E-state index in [2.05, 4.69) is 5.32 Å². The van der Waals surface area contributed by atoms with Gasteiger partial charge in [-0.25, -0.2) is 9.59 Å². The molecule has 0 aliphatic rings. The number of carbonyl (C=O) groups excluding carboxylic acids is 3. The minimum atomic E-state index is -1.06. The minimum Gasteiger partial charge on any atom is -0.449 e. The Bertz CT molecular complexity index is 569. The number of esters is 1. The summed E-state index contributed by atoms with van der Waals surface area (Å²) in [7, 11) is 1.38. The van der Waals surface area contributed by atoms with Gasteiger partial charge >= 0.3 is 12.0 Å². The summed E-state index contributed by atoms with van der Waals surface area (Å²) in [6.07, 6.45) is 3.74. The molecular formula is C15H18N2O4S. The average molecular weight is 322 g/mol. The number of nitrogens with one attached hydrogen (secondary N) is 2. The molecule has 1 atom stereocenters. The van der Waals surface area contributed by atoms with E-state index in [9.17, 15) is 14.4 Å². The molecule has 22 heavy (non-hydrogen) atoms. The van der Waals surface area contributed by atoms with Crippen LogP contribution in [0, 0.1) is 0 Å². The molecule has 6 nitrogen and oxygen atoms in total. The molecule has 0 radical (unpaired) electrons. The van der Waals surface area contributed by atoms with Crippen LogP contribution in [0.3, 0.4) is 0 Å². The lowest BCUT2D eigenvalue weighted by Gasteiger charge is -2.11. The highest BCUT2D eigenvalue weighted by Crippen LogP contribution is 2.15. The Morgan fingerprint density at radius 1 is 1.23 bits per heavy atom. The average Bonchev–Trinajstić information content (AvgIpc) is 2.53. The van der Waals surface area contributed by atoms with Crippen molar-refractivity contribution in [3.8, 4) is 0 Å². The predicted molar refractivity (Wildman–Crippen MR) is 85.4 cm³/mol. The van der Waals surface area contributed by atoms with E-state index >= 15 is 0 Å². The fraction of sp³-hybridized carbons (Fsp3) is 0.267. The molecule has 0 aromatic heterocycles. The van der Waals surface area contributed by atoms with E-state index in [0.29, 0.717) is 0 Å². The molecule has 3 amide bonds. The third kappa shape index (κ3) is 6.01. The van der Waals surface area contributed by atoms with E-state index in [4.69, 9.17) is 4.74 Å². The van der Waals surface area contributed by atoms with Gasteiger partial charge < -0.3 is 10.1 Å². The molecule has 0 aliphatic heterocycles. The third-order valence-electron chi connectivity index (χ3n) is 2.65. The van der Waals surface area contributed by atoms with Crippen LogP contribution in [0.1, 0.15) is 12.5 Å². The molecule has 2 N–H and O–H groups in total. The molecule has 0 fully saturated rings. The van der Waals surface area contributed by atoms with Gasteiger partial charge in [-0.1, -0.05) is 12.1 Å². The fourth-order valence-electron chi connectivity index (χ4n) is 1.42. The van der Waals surface area contributed by atoms with Crippen LogP contribution in [0.2, 0.25) is 0 Å². The first-order valence-corrected chi connectivity index (χ1v) is 7.74. The fourth-order valence-corrected chi connectivity index (χ4v) is 1.83. The van der Waals surface area contributed by atoms with Crippen molar-refractivity contribution in [2.24, 2.45) is 0 Å². The largest absolute Gasteiger partial charge is 0.449 e. The maximum atomic E-state index is 11.6. The summed E-state index contributed by atoms with van der Waals surface area (Å²) in [5.41, 5.74) is 0.845. The van der Waals surface area contributed by atoms with E-state index in [0.717, 1.165) is 10.5 Å². The van der Waals surface area contributed by atoms with Crippen molar-refractivity contribution in [3.05, 3.63) is 35.9 Å². The van der Waals surface area contributed by atoms with Gasteiger partial charge in [0.2, 0.25) is 0 Å². The van der Waals surface area contributed by atoms with Crippen LogP contribution >= 0.6 is 11.8 Å². The molecule has 1 rings (SSSR count). The van der Waals surface area contributed by atoms with Crippen molar-refractivity contribution in [2.45, 2.75) is 17.9 Å². The van der Waals surface area contributed by atoms with Gasteiger partial charge in [0.05, 0.1) is 0 Å². The topological polar surface area (TPSA) is 84.5 Å². The van der Waals surface area contributed by atoms with Crippen molar-refractivity contribution in [1.29, 1.82) is 0 Å². The van der Waals surface area contributed by atoms with Gasteiger partial charge in [0.1, 0.15) is 0 Å². The molecule has 0 saturated heterocycles. The van der Waals surface area contributed by atoms with Crippen LogP contribution in [0.4, 0.5) is 4.79 Å². The molecule has 0 saturated carbocycles. The van der Waals surface area contributed by atoms with Crippen LogP contribution in [0.15, 0.2) is 35.2 Å². The van der Waals surface area contributed by atoms with E-state index in [1.807, 2.05) is 35.8 Å². The lowest BCUT2D eigenvalue weighted by molar-refractivity contribution is -0.149. The highest BCUT2D eigenvalue weighted by atomic mass is 32.2. The summed E-state index contributed by atoms with van der Waals surface area (Å²) < 4.78 is 4.90. The number of imide groups is 1. The Balaban J connectivity index is 2.52. The van der Waals surface area contributed by atoms with Crippen molar-refractivity contribution in [1.82, 2.24) is 10.6 Å². The monoisotopic (exact) mass is 322 g/mol. The first kappa shape index (κ1) is 17.8. The molecule has 118 valence electrons. The molecule has 0 unspecified atom stereocenters. The zero-order chi connectivity index (χ0) is 16.5. The molecule has 1 aromatic rings. The standard InChI is InChI=1S/C15H18N2O4S/c1-10(14(19)17-15(20)16-2)21-13(18)9-6-11-4-7-12(22-3)8-5-11/h4-10H,1-3H3,(H2,16,17,19,20)/b9-6+/t10-/m1/s1. The van der Waals surface area contributed by atoms with E-state index in [-0.39, 0.29) is 0 Å². The molecule has 0 spiro atoms. The SMILES string of the molecule is CNC(=O)NC(=O)[C@@H](C)OC(=O)/C=C/c1ccc(SC)cc1. The van der Waals surface area contributed by atoms with Crippen LogP contribution in [-0.2, 0) is 14.3 Å². The number of carbonyl (C=O) groups is 3. The predicted octanol–water partition coefficient (Wildman–Crippen LogP) is 1.81. The lowest BCUT2D eigenvalue weighted by Crippen LogP contribution is -2.43. The summed E-state index contributed by atoms with van der Waals surface area (Å²) in [5.74, 6) is -1.35. The van der Waals surface area contributed by atoms with Gasteiger partial charge in [0.15, 0.2) is 6.10 Å². The Morgan fingerprint density at radius 2 is 1.86 bits per heavy atom. The number of benzene rings is 1. The summed E-state index contributed by atoms with van der Waals surface area (Å²) in [6.45, 7) is 1.39. The highest BCUT2D eigenvalue weighted by Gasteiger charge is 2.18. The number of hydrogen-bond donors (Lipinski definition) is 2. The van der Waals surface area contributed by atoms with Crippen LogP contribution in [-0.4, -0.2) is 37.3 Å². The molecule has 0 bridgehead atoms. The number of ether oxygens (including phenoxy) is 1. The van der Waals surface area contributed by atoms with Crippen LogP contribution < -0.4 is 10.6 Å². The Morgan fingerprint density at radius 3 is 2.41 bits per heavy atom. The van der Waals surface area contributed by atoms with Crippen molar-refractivity contribution >= 4 is 35.7 Å². The summed E-state index contributed by atoms with van der Waals surface area (Å²) in [6, 6.07) is 6.97. The summed E-state index contributed by atoms with van der Waals surface area (Å²) in [4.78, 5) is 35.2. The van der Waals surface area contributed by atoms with Crippen LogP contribution in [0.5, 0.6) is 0 Å². The summed E-state index contributed by atoms with van der Waals surface area (Å²) >= 11 is 1.63. The maximum absolute atomic E-state index is 11.6. The van der Waals surface area contributed by atoms with Gasteiger partial charge in [-0.2, -0.15) is 0 Å². The van der Waals surface area contributed by atoms with Gasteiger partial charge in [-0.15, -0.1) is 11.8 Å². The van der Waals surface area contributed by atoms with E-state index in [1.54, 1.807) is 17.8 Å². The number of rotatable bonds is 5. The first-order valence-electron chi connectivity index (χ1n) is 6.51. The third-order valence-corrected chi connectivity index (χ3v) is 3.40. The Kier molecular flexibility index (Phi) is 7.18. The second-order valence-corrected chi connectivity index (χ2v) is 5.13. The quantitative estimate of drug-likeness (QED) is 0.491. The van der Waals surface area contributed by atoms with Crippen molar-refractivity contribution < 1.29 is 19.1 Å². The molecule has 7 heteroatoms. The van der Waals surface area contributed by atoms with Crippen molar-refractivity contribution in [3.63, 3.8) is 0 Å². The first-order chi connectivity index (χ1) is 10.5. The lowest BCUT2D eigenvalue weighted by atomic mass is 10.2. The highest BCUT2D eigenvalue weighted by molar-refractivity contribution is 7.98. The maximum Gasteiger partial charge on any atom is 0.331 e. The van der Waals surface area contributed by atoms with Crippen molar-refractivity contribution in [2.75, 3.05) is 13.3 Å². The van der Waals surface area contributed by atoms with E-state index in [1.165, 1.54) is 20.0 Å². The zero-order valence-electron chi connectivity index (χ0n) is 12.6. The molecule has 0 heterocycles. The van der Waals surface area contributed by atoms with Gasteiger partial charge in [0, 0.05) is 18.0 Å². The molecule has 1 aromatic carbocycles. The second-order valence-electron chi connectivity index (χ2n) is 4.25. The Labute approximate surface area is 133 Å². The number of urea groups is 1. The van der Waals surface area contributed by atoms with Gasteiger partial charge in [0.25, 0.3) is 5.91 Å². The normalized spacial score (nSPS) is 11.8. The Hall–Kier alpha value is -2.28. The van der Waals surface area contributed by atoms with Gasteiger partial charge in [-0.05, 0) is 37.0 Å².